The van der Waals surface area contributed by atoms with E-state index in [0.29, 0.717) is 0 Å². The van der Waals surface area contributed by atoms with Crippen molar-refractivity contribution in [2.24, 2.45) is 23.7 Å². The van der Waals surface area contributed by atoms with E-state index in [4.69, 9.17) is 0 Å². The van der Waals surface area contributed by atoms with Gasteiger partial charge in [0.2, 0.25) is 17.7 Å². The zero-order valence-corrected chi connectivity index (χ0v) is 14.2. The lowest BCUT2D eigenvalue weighted by atomic mass is 9.85. The van der Waals surface area contributed by atoms with Crippen LogP contribution in [0.3, 0.4) is 0 Å². The van der Waals surface area contributed by atoms with E-state index in [0.717, 1.165) is 23.5 Å². The van der Waals surface area contributed by atoms with E-state index in [9.17, 15) is 27.6 Å². The average Bonchev–Trinajstić information content (AvgIpc) is 3.27. The van der Waals surface area contributed by atoms with Crippen LogP contribution in [0.5, 0.6) is 0 Å². The van der Waals surface area contributed by atoms with Crippen molar-refractivity contribution in [3.05, 3.63) is 42.0 Å². The number of alkyl halides is 3. The molecule has 5 nitrogen and oxygen atoms in total. The molecular formula is C19H17F3N2O3. The number of hydrogen-bond donors (Lipinski definition) is 1. The van der Waals surface area contributed by atoms with E-state index in [2.05, 4.69) is 5.32 Å². The molecule has 8 heteroatoms. The Morgan fingerprint density at radius 2 is 1.74 bits per heavy atom. The smallest absolute Gasteiger partial charge is 0.326 e. The fraction of sp³-hybridized carbons (Fsp3) is 0.421. The molecule has 1 aromatic rings. The molecule has 3 aliphatic rings. The zero-order valence-electron chi connectivity index (χ0n) is 14.2. The van der Waals surface area contributed by atoms with Crippen molar-refractivity contribution in [2.75, 3.05) is 11.9 Å². The number of hydrogen-bond acceptors (Lipinski definition) is 3. The van der Waals surface area contributed by atoms with Crippen LogP contribution in [0.1, 0.15) is 18.4 Å². The van der Waals surface area contributed by atoms with Gasteiger partial charge in [-0.2, -0.15) is 13.2 Å². The number of benzene rings is 1. The molecule has 2 bridgehead atoms. The minimum atomic E-state index is -4.50. The Labute approximate surface area is 153 Å². The monoisotopic (exact) mass is 378 g/mol. The van der Waals surface area contributed by atoms with Gasteiger partial charge in [0, 0.05) is 18.7 Å². The van der Waals surface area contributed by atoms with Crippen LogP contribution in [0, 0.1) is 23.7 Å². The van der Waals surface area contributed by atoms with E-state index in [-0.39, 0.29) is 54.1 Å². The number of nitrogens with zero attached hydrogens (tertiary/aromatic N) is 1. The lowest BCUT2D eigenvalue weighted by molar-refractivity contribution is -0.141. The van der Waals surface area contributed by atoms with Gasteiger partial charge in [0.25, 0.3) is 0 Å². The summed E-state index contributed by atoms with van der Waals surface area (Å²) in [4.78, 5) is 38.3. The van der Waals surface area contributed by atoms with Crippen LogP contribution >= 0.6 is 0 Å². The van der Waals surface area contributed by atoms with Crippen molar-refractivity contribution in [2.45, 2.75) is 19.0 Å². The Morgan fingerprint density at radius 1 is 1.11 bits per heavy atom. The predicted molar refractivity (Wildman–Crippen MR) is 89.1 cm³/mol. The van der Waals surface area contributed by atoms with Gasteiger partial charge in [-0.25, -0.2) is 0 Å². The van der Waals surface area contributed by atoms with Gasteiger partial charge in [-0.1, -0.05) is 18.2 Å². The second-order valence-electron chi connectivity index (χ2n) is 7.20. The fourth-order valence-corrected chi connectivity index (χ4v) is 4.39. The summed E-state index contributed by atoms with van der Waals surface area (Å²) in [6.07, 6.45) is 0.147. The van der Waals surface area contributed by atoms with Gasteiger partial charge in [-0.15, -0.1) is 0 Å². The van der Waals surface area contributed by atoms with Gasteiger partial charge in [0.1, 0.15) is 0 Å². The van der Waals surface area contributed by atoms with Crippen molar-refractivity contribution in [1.82, 2.24) is 4.90 Å². The van der Waals surface area contributed by atoms with Crippen LogP contribution in [0.25, 0.3) is 0 Å². The molecule has 2 aliphatic carbocycles. The van der Waals surface area contributed by atoms with Crippen LogP contribution < -0.4 is 5.32 Å². The number of imide groups is 1. The number of likely N-dealkylation sites (tertiary alicyclic amines) is 1. The molecule has 1 N–H and O–H groups in total. The first-order valence-electron chi connectivity index (χ1n) is 8.76. The summed E-state index contributed by atoms with van der Waals surface area (Å²) in [5.41, 5.74) is -0.839. The molecular weight excluding hydrogens is 361 g/mol. The van der Waals surface area contributed by atoms with Crippen LogP contribution in [-0.2, 0) is 20.6 Å². The molecule has 27 heavy (non-hydrogen) atoms. The number of halogens is 3. The average molecular weight is 378 g/mol. The molecule has 1 heterocycles. The molecule has 1 aliphatic heterocycles. The molecule has 1 saturated heterocycles. The van der Waals surface area contributed by atoms with E-state index in [1.165, 1.54) is 12.1 Å². The highest BCUT2D eigenvalue weighted by molar-refractivity contribution is 6.06. The fourth-order valence-electron chi connectivity index (χ4n) is 4.39. The molecule has 1 aromatic carbocycles. The highest BCUT2D eigenvalue weighted by Gasteiger charge is 2.59. The third kappa shape index (κ3) is 3.02. The van der Waals surface area contributed by atoms with Gasteiger partial charge in [-0.3, -0.25) is 19.3 Å². The van der Waals surface area contributed by atoms with Crippen molar-refractivity contribution in [1.29, 1.82) is 0 Å². The van der Waals surface area contributed by atoms with Crippen molar-refractivity contribution in [3.63, 3.8) is 0 Å². The quantitative estimate of drug-likeness (QED) is 0.647. The number of allylic oxidation sites excluding steroid dienone is 2. The SMILES string of the molecule is O=C(CCN1C(=O)[C@@H]2[C@H](C1=O)[C@@H]1C=C[C@H]2C1)Nc1cccc(C(F)(F)F)c1. The molecule has 0 radical (unpaired) electrons. The first kappa shape index (κ1) is 17.8. The van der Waals surface area contributed by atoms with Crippen molar-refractivity contribution < 1.29 is 27.6 Å². The summed E-state index contributed by atoms with van der Waals surface area (Å²) in [5.74, 6) is -1.48. The first-order valence-corrected chi connectivity index (χ1v) is 8.76. The van der Waals surface area contributed by atoms with Crippen LogP contribution in [-0.4, -0.2) is 29.2 Å². The number of amides is 3. The molecule has 0 spiro atoms. The van der Waals surface area contributed by atoms with Gasteiger partial charge >= 0.3 is 6.18 Å². The standard InChI is InChI=1S/C19H17F3N2O3/c20-19(21,22)12-2-1-3-13(9-12)23-14(25)6-7-24-17(26)15-10-4-5-11(8-10)16(15)18(24)27/h1-5,9-11,15-16H,6-8H2,(H,23,25)/t10-,11+,15-,16+. The molecule has 142 valence electrons. The van der Waals surface area contributed by atoms with Crippen molar-refractivity contribution in [3.8, 4) is 0 Å². The number of fused-ring (bicyclic) bond motifs is 5. The van der Waals surface area contributed by atoms with E-state index in [1.807, 2.05) is 12.2 Å². The third-order valence-corrected chi connectivity index (χ3v) is 5.60. The number of carbonyl (C=O) groups excluding carboxylic acids is 3. The summed E-state index contributed by atoms with van der Waals surface area (Å²) >= 11 is 0. The van der Waals surface area contributed by atoms with Crippen LogP contribution in [0.4, 0.5) is 18.9 Å². The highest BCUT2D eigenvalue weighted by atomic mass is 19.4. The Kier molecular flexibility index (Phi) is 4.09. The molecule has 4 rings (SSSR count). The number of carbonyl (C=O) groups is 3. The maximum atomic E-state index is 12.7. The summed E-state index contributed by atoms with van der Waals surface area (Å²) < 4.78 is 38.2. The molecule has 0 aromatic heterocycles. The summed E-state index contributed by atoms with van der Waals surface area (Å²) in [6, 6.07) is 4.32. The number of anilines is 1. The third-order valence-electron chi connectivity index (χ3n) is 5.60. The van der Waals surface area contributed by atoms with E-state index in [1.54, 1.807) is 0 Å². The molecule has 0 unspecified atom stereocenters. The second kappa shape index (κ2) is 6.21. The van der Waals surface area contributed by atoms with Gasteiger partial charge in [0.15, 0.2) is 0 Å². The van der Waals surface area contributed by atoms with Gasteiger partial charge in [0.05, 0.1) is 17.4 Å². The Balaban J connectivity index is 1.37. The summed E-state index contributed by atoms with van der Waals surface area (Å²) in [7, 11) is 0. The second-order valence-corrected chi connectivity index (χ2v) is 7.20. The van der Waals surface area contributed by atoms with Crippen LogP contribution in [0.15, 0.2) is 36.4 Å². The maximum Gasteiger partial charge on any atom is 0.416 e. The number of rotatable bonds is 4. The lowest BCUT2D eigenvalue weighted by Crippen LogP contribution is -2.35. The summed E-state index contributed by atoms with van der Waals surface area (Å²) in [5, 5.41) is 2.39. The van der Waals surface area contributed by atoms with E-state index >= 15 is 0 Å². The first-order chi connectivity index (χ1) is 12.8. The van der Waals surface area contributed by atoms with Crippen LogP contribution in [0.2, 0.25) is 0 Å². The molecule has 4 atom stereocenters. The van der Waals surface area contributed by atoms with E-state index < -0.39 is 17.6 Å². The number of nitrogens with one attached hydrogen (secondary N) is 1. The minimum absolute atomic E-state index is 0.0213. The Hall–Kier alpha value is -2.64. The highest BCUT2D eigenvalue weighted by Crippen LogP contribution is 2.52. The molecule has 3 amide bonds. The normalized spacial score (nSPS) is 28.8. The maximum absolute atomic E-state index is 12.7. The van der Waals surface area contributed by atoms with Gasteiger partial charge in [-0.05, 0) is 36.5 Å². The minimum Gasteiger partial charge on any atom is -0.326 e. The molecule has 1 saturated carbocycles. The largest absolute Gasteiger partial charge is 0.416 e. The topological polar surface area (TPSA) is 66.5 Å². The zero-order chi connectivity index (χ0) is 19.3. The lowest BCUT2D eigenvalue weighted by Gasteiger charge is -2.17. The summed E-state index contributed by atoms with van der Waals surface area (Å²) in [6.45, 7) is -0.0606. The van der Waals surface area contributed by atoms with Crippen molar-refractivity contribution >= 4 is 23.4 Å². The Morgan fingerprint density at radius 3 is 2.33 bits per heavy atom. The molecule has 2 fully saturated rings. The van der Waals surface area contributed by atoms with Gasteiger partial charge < -0.3 is 5.32 Å². The predicted octanol–water partition coefficient (Wildman–Crippen LogP) is 2.84. The Bertz CT molecular complexity index is 819.